The van der Waals surface area contributed by atoms with Gasteiger partial charge in [-0.15, -0.1) is 0 Å². The normalized spacial score (nSPS) is 16.9. The van der Waals surface area contributed by atoms with E-state index in [2.05, 4.69) is 5.32 Å². The molecule has 0 atom stereocenters. The average molecular weight is 302 g/mol. The van der Waals surface area contributed by atoms with Gasteiger partial charge in [-0.05, 0) is 31.0 Å². The van der Waals surface area contributed by atoms with Gasteiger partial charge in [0, 0.05) is 31.4 Å². The number of carbonyl (C=O) groups is 1. The number of amides is 1. The molecule has 1 aliphatic rings. The highest BCUT2D eigenvalue weighted by atomic mass is 19.4. The van der Waals surface area contributed by atoms with Gasteiger partial charge in [0.1, 0.15) is 0 Å². The van der Waals surface area contributed by atoms with Crippen molar-refractivity contribution in [2.24, 2.45) is 0 Å². The fourth-order valence-electron chi connectivity index (χ4n) is 2.36. The second-order valence-electron chi connectivity index (χ2n) is 5.06. The Bertz CT molecular complexity index is 523. The minimum Gasteiger partial charge on any atom is -0.393 e. The van der Waals surface area contributed by atoms with Gasteiger partial charge < -0.3 is 15.3 Å². The first kappa shape index (κ1) is 15.6. The molecule has 116 valence electrons. The van der Waals surface area contributed by atoms with E-state index in [0.29, 0.717) is 31.6 Å². The van der Waals surface area contributed by atoms with Gasteiger partial charge in [-0.25, -0.2) is 0 Å². The van der Waals surface area contributed by atoms with Gasteiger partial charge in [0.25, 0.3) is 5.91 Å². The van der Waals surface area contributed by atoms with Crippen LogP contribution in [0.1, 0.15) is 28.8 Å². The number of hydrogen-bond acceptors (Lipinski definition) is 3. The van der Waals surface area contributed by atoms with E-state index in [0.717, 1.165) is 12.1 Å². The first-order chi connectivity index (χ1) is 9.81. The molecule has 1 aromatic carbocycles. The standard InChI is InChI=1S/C14H17F3N2O2/c1-18-13(21)9-6-10(14(15,16)17)8-11(7-9)19-4-2-12(20)3-5-19/h6-8,12,20H,2-5H2,1H3,(H,18,21). The number of hydrogen-bond donors (Lipinski definition) is 2. The van der Waals surface area contributed by atoms with E-state index in [9.17, 15) is 23.1 Å². The molecule has 1 amide bonds. The summed E-state index contributed by atoms with van der Waals surface area (Å²) in [6, 6.07) is 3.34. The van der Waals surface area contributed by atoms with Crippen molar-refractivity contribution in [3.05, 3.63) is 29.3 Å². The molecular formula is C14H17F3N2O2. The summed E-state index contributed by atoms with van der Waals surface area (Å²) in [5.41, 5.74) is -0.506. The maximum atomic E-state index is 13.0. The molecular weight excluding hydrogens is 285 g/mol. The van der Waals surface area contributed by atoms with E-state index in [4.69, 9.17) is 0 Å². The SMILES string of the molecule is CNC(=O)c1cc(N2CCC(O)CC2)cc(C(F)(F)F)c1. The molecule has 0 bridgehead atoms. The molecule has 0 aromatic heterocycles. The number of rotatable bonds is 2. The van der Waals surface area contributed by atoms with Crippen molar-refractivity contribution in [3.63, 3.8) is 0 Å². The van der Waals surface area contributed by atoms with Crippen LogP contribution in [0, 0.1) is 0 Å². The molecule has 0 spiro atoms. The van der Waals surface area contributed by atoms with Gasteiger partial charge in [0.2, 0.25) is 0 Å². The molecule has 4 nitrogen and oxygen atoms in total. The van der Waals surface area contributed by atoms with E-state index >= 15 is 0 Å². The second kappa shape index (κ2) is 5.93. The van der Waals surface area contributed by atoms with Crippen LogP contribution in [0.4, 0.5) is 18.9 Å². The van der Waals surface area contributed by atoms with Crippen molar-refractivity contribution in [1.29, 1.82) is 0 Å². The average Bonchev–Trinajstić information content (AvgIpc) is 2.45. The minimum atomic E-state index is -4.51. The Morgan fingerprint density at radius 2 is 1.90 bits per heavy atom. The first-order valence-corrected chi connectivity index (χ1v) is 6.68. The summed E-state index contributed by atoms with van der Waals surface area (Å²) in [5.74, 6) is -0.556. The molecule has 2 rings (SSSR count). The molecule has 7 heteroatoms. The molecule has 0 saturated carbocycles. The molecule has 1 heterocycles. The Labute approximate surface area is 120 Å². The van der Waals surface area contributed by atoms with E-state index in [-0.39, 0.29) is 5.56 Å². The number of anilines is 1. The van der Waals surface area contributed by atoms with Crippen molar-refractivity contribution >= 4 is 11.6 Å². The Morgan fingerprint density at radius 1 is 1.29 bits per heavy atom. The summed E-state index contributed by atoms with van der Waals surface area (Å²) >= 11 is 0. The molecule has 0 unspecified atom stereocenters. The van der Waals surface area contributed by atoms with Crippen LogP contribution in [0.25, 0.3) is 0 Å². The zero-order valence-electron chi connectivity index (χ0n) is 11.6. The summed E-state index contributed by atoms with van der Waals surface area (Å²) in [6.45, 7) is 0.936. The highest BCUT2D eigenvalue weighted by molar-refractivity contribution is 5.95. The van der Waals surface area contributed by atoms with Crippen molar-refractivity contribution in [2.75, 3.05) is 25.0 Å². The molecule has 1 saturated heterocycles. The number of carbonyl (C=O) groups excluding carboxylic acids is 1. The molecule has 1 aromatic rings. The van der Waals surface area contributed by atoms with Crippen LogP contribution in [-0.4, -0.2) is 37.3 Å². The van der Waals surface area contributed by atoms with E-state index in [1.54, 1.807) is 4.90 Å². The number of benzene rings is 1. The number of aliphatic hydroxyl groups is 1. The molecule has 1 aliphatic heterocycles. The lowest BCUT2D eigenvalue weighted by atomic mass is 10.0. The molecule has 21 heavy (non-hydrogen) atoms. The van der Waals surface area contributed by atoms with Crippen molar-refractivity contribution in [2.45, 2.75) is 25.1 Å². The summed E-state index contributed by atoms with van der Waals surface area (Å²) in [4.78, 5) is 13.4. The lowest BCUT2D eigenvalue weighted by Crippen LogP contribution is -2.36. The maximum absolute atomic E-state index is 13.0. The first-order valence-electron chi connectivity index (χ1n) is 6.68. The van der Waals surface area contributed by atoms with Crippen LogP contribution in [0.5, 0.6) is 0 Å². The summed E-state index contributed by atoms with van der Waals surface area (Å²) in [5, 5.41) is 11.8. The molecule has 0 aliphatic carbocycles. The lowest BCUT2D eigenvalue weighted by molar-refractivity contribution is -0.137. The predicted molar refractivity (Wildman–Crippen MR) is 72.3 cm³/mol. The zero-order chi connectivity index (χ0) is 15.6. The molecule has 0 radical (unpaired) electrons. The third kappa shape index (κ3) is 3.66. The van der Waals surface area contributed by atoms with Crippen LogP contribution in [0.3, 0.4) is 0 Å². The molecule has 2 N–H and O–H groups in total. The van der Waals surface area contributed by atoms with Gasteiger partial charge >= 0.3 is 6.18 Å². The minimum absolute atomic E-state index is 0.0200. The fraction of sp³-hybridized carbons (Fsp3) is 0.500. The van der Waals surface area contributed by atoms with Gasteiger partial charge in [-0.1, -0.05) is 0 Å². The van der Waals surface area contributed by atoms with Crippen molar-refractivity contribution in [1.82, 2.24) is 5.32 Å². The van der Waals surface area contributed by atoms with Gasteiger partial charge in [-0.3, -0.25) is 4.79 Å². The number of aliphatic hydroxyl groups excluding tert-OH is 1. The van der Waals surface area contributed by atoms with E-state index < -0.39 is 23.8 Å². The summed E-state index contributed by atoms with van der Waals surface area (Å²) in [7, 11) is 1.37. The fourth-order valence-corrected chi connectivity index (χ4v) is 2.36. The Kier molecular flexibility index (Phi) is 4.41. The van der Waals surface area contributed by atoms with E-state index in [1.165, 1.54) is 13.1 Å². The van der Waals surface area contributed by atoms with Crippen LogP contribution >= 0.6 is 0 Å². The number of nitrogens with zero attached hydrogens (tertiary/aromatic N) is 1. The monoisotopic (exact) mass is 302 g/mol. The summed E-state index contributed by atoms with van der Waals surface area (Å²) < 4.78 is 38.9. The number of halogens is 3. The van der Waals surface area contributed by atoms with Crippen LogP contribution in [0.15, 0.2) is 18.2 Å². The van der Waals surface area contributed by atoms with Gasteiger partial charge in [-0.2, -0.15) is 13.2 Å². The molecule has 1 fully saturated rings. The Balaban J connectivity index is 2.38. The lowest BCUT2D eigenvalue weighted by Gasteiger charge is -2.32. The third-order valence-electron chi connectivity index (χ3n) is 3.56. The zero-order valence-corrected chi connectivity index (χ0v) is 11.6. The van der Waals surface area contributed by atoms with Crippen LogP contribution in [0.2, 0.25) is 0 Å². The maximum Gasteiger partial charge on any atom is 0.416 e. The van der Waals surface area contributed by atoms with E-state index in [1.807, 2.05) is 0 Å². The number of nitrogens with one attached hydrogen (secondary N) is 1. The largest absolute Gasteiger partial charge is 0.416 e. The Hall–Kier alpha value is -1.76. The topological polar surface area (TPSA) is 52.6 Å². The van der Waals surface area contributed by atoms with Gasteiger partial charge in [0.05, 0.1) is 11.7 Å². The quantitative estimate of drug-likeness (QED) is 0.879. The number of alkyl halides is 3. The highest BCUT2D eigenvalue weighted by Gasteiger charge is 2.32. The smallest absolute Gasteiger partial charge is 0.393 e. The van der Waals surface area contributed by atoms with Crippen molar-refractivity contribution < 1.29 is 23.1 Å². The van der Waals surface area contributed by atoms with Crippen LogP contribution < -0.4 is 10.2 Å². The summed E-state index contributed by atoms with van der Waals surface area (Å²) in [6.07, 6.45) is -3.91. The van der Waals surface area contributed by atoms with Crippen LogP contribution in [-0.2, 0) is 6.18 Å². The Morgan fingerprint density at radius 3 is 2.43 bits per heavy atom. The predicted octanol–water partition coefficient (Wildman–Crippen LogP) is 2.03. The second-order valence-corrected chi connectivity index (χ2v) is 5.06. The highest BCUT2D eigenvalue weighted by Crippen LogP contribution is 2.33. The van der Waals surface area contributed by atoms with Gasteiger partial charge in [0.15, 0.2) is 0 Å². The number of piperidine rings is 1. The van der Waals surface area contributed by atoms with Crippen molar-refractivity contribution in [3.8, 4) is 0 Å². The third-order valence-corrected chi connectivity index (χ3v) is 3.56.